The Bertz CT molecular complexity index is 436. The largest absolute Gasteiger partial charge is 0.497 e. The number of anilines is 1. The molecule has 0 amide bonds. The van der Waals surface area contributed by atoms with Crippen LogP contribution < -0.4 is 20.5 Å². The summed E-state index contributed by atoms with van der Waals surface area (Å²) in [5, 5.41) is 3.02. The molecule has 5 heteroatoms. The highest BCUT2D eigenvalue weighted by molar-refractivity contribution is 5.94. The van der Waals surface area contributed by atoms with E-state index in [-0.39, 0.29) is 5.54 Å². The Balaban J connectivity index is 2.94. The first kappa shape index (κ1) is 14.2. The number of hydrogen-bond donors (Lipinski definition) is 2. The molecule has 0 fully saturated rings. The highest BCUT2D eigenvalue weighted by Crippen LogP contribution is 2.28. The molecule has 0 saturated carbocycles. The molecule has 18 heavy (non-hydrogen) atoms. The third-order valence-corrected chi connectivity index (χ3v) is 2.13. The van der Waals surface area contributed by atoms with Crippen LogP contribution >= 0.6 is 0 Å². The van der Waals surface area contributed by atoms with Gasteiger partial charge in [-0.2, -0.15) is 0 Å². The van der Waals surface area contributed by atoms with Gasteiger partial charge in [0.15, 0.2) is 5.96 Å². The molecule has 0 aliphatic heterocycles. The lowest BCUT2D eigenvalue weighted by atomic mass is 10.1. The number of hydrogen-bond acceptors (Lipinski definition) is 3. The maximum Gasteiger partial charge on any atom is 0.193 e. The molecular formula is C13H21N3O2. The molecule has 0 heterocycles. The Labute approximate surface area is 108 Å². The highest BCUT2D eigenvalue weighted by atomic mass is 16.5. The van der Waals surface area contributed by atoms with Crippen LogP contribution in [0.3, 0.4) is 0 Å². The summed E-state index contributed by atoms with van der Waals surface area (Å²) >= 11 is 0. The first-order chi connectivity index (χ1) is 8.35. The molecule has 5 nitrogen and oxygen atoms in total. The highest BCUT2D eigenvalue weighted by Gasteiger charge is 2.10. The van der Waals surface area contributed by atoms with Gasteiger partial charge in [0.2, 0.25) is 0 Å². The predicted molar refractivity (Wildman–Crippen MR) is 74.5 cm³/mol. The lowest BCUT2D eigenvalue weighted by Gasteiger charge is -2.16. The van der Waals surface area contributed by atoms with Crippen molar-refractivity contribution in [2.45, 2.75) is 26.3 Å². The van der Waals surface area contributed by atoms with Gasteiger partial charge in [-0.1, -0.05) is 0 Å². The van der Waals surface area contributed by atoms with Gasteiger partial charge < -0.3 is 20.5 Å². The molecular weight excluding hydrogens is 230 g/mol. The molecule has 0 spiro atoms. The quantitative estimate of drug-likeness (QED) is 0.638. The second-order valence-electron chi connectivity index (χ2n) is 4.86. The van der Waals surface area contributed by atoms with Crippen LogP contribution in [0.4, 0.5) is 5.69 Å². The molecule has 1 aromatic carbocycles. The van der Waals surface area contributed by atoms with Crippen LogP contribution in [0.25, 0.3) is 0 Å². The zero-order valence-electron chi connectivity index (χ0n) is 11.6. The third-order valence-electron chi connectivity index (χ3n) is 2.13. The van der Waals surface area contributed by atoms with E-state index in [0.717, 1.165) is 11.4 Å². The number of aliphatic imine (C=N–C) groups is 1. The van der Waals surface area contributed by atoms with Crippen molar-refractivity contribution in [2.75, 3.05) is 19.5 Å². The van der Waals surface area contributed by atoms with Gasteiger partial charge in [0.25, 0.3) is 0 Å². The first-order valence-corrected chi connectivity index (χ1v) is 5.70. The molecule has 3 N–H and O–H groups in total. The van der Waals surface area contributed by atoms with E-state index < -0.39 is 0 Å². The molecule has 0 aromatic heterocycles. The summed E-state index contributed by atoms with van der Waals surface area (Å²) in [5.74, 6) is 1.73. The maximum atomic E-state index is 5.84. The molecule has 0 atom stereocenters. The smallest absolute Gasteiger partial charge is 0.193 e. The van der Waals surface area contributed by atoms with Crippen molar-refractivity contribution in [3.05, 3.63) is 18.2 Å². The Hall–Kier alpha value is -1.91. The Morgan fingerprint density at radius 2 is 1.89 bits per heavy atom. The van der Waals surface area contributed by atoms with Gasteiger partial charge in [0.1, 0.15) is 11.5 Å². The van der Waals surface area contributed by atoms with Crippen molar-refractivity contribution in [1.82, 2.24) is 0 Å². The summed E-state index contributed by atoms with van der Waals surface area (Å²) in [5.41, 5.74) is 6.37. The molecule has 0 radical (unpaired) electrons. The molecule has 100 valence electrons. The van der Waals surface area contributed by atoms with E-state index >= 15 is 0 Å². The fraction of sp³-hybridized carbons (Fsp3) is 0.462. The van der Waals surface area contributed by atoms with Crippen molar-refractivity contribution in [3.63, 3.8) is 0 Å². The van der Waals surface area contributed by atoms with Gasteiger partial charge in [-0.05, 0) is 32.9 Å². The number of nitrogens with zero attached hydrogens (tertiary/aromatic N) is 1. The molecule has 0 unspecified atom stereocenters. The number of nitrogens with two attached hydrogens (primary N) is 1. The van der Waals surface area contributed by atoms with Gasteiger partial charge >= 0.3 is 0 Å². The van der Waals surface area contributed by atoms with E-state index in [1.165, 1.54) is 0 Å². The third kappa shape index (κ3) is 4.16. The summed E-state index contributed by atoms with van der Waals surface area (Å²) in [4.78, 5) is 4.32. The van der Waals surface area contributed by atoms with Crippen LogP contribution in [-0.4, -0.2) is 25.7 Å². The summed E-state index contributed by atoms with van der Waals surface area (Å²) in [6, 6.07) is 5.45. The van der Waals surface area contributed by atoms with Crippen molar-refractivity contribution in [3.8, 4) is 11.5 Å². The van der Waals surface area contributed by atoms with E-state index in [9.17, 15) is 0 Å². The van der Waals surface area contributed by atoms with Gasteiger partial charge in [-0.3, -0.25) is 0 Å². The minimum absolute atomic E-state index is 0.225. The lowest BCUT2D eigenvalue weighted by Crippen LogP contribution is -2.27. The fourth-order valence-corrected chi connectivity index (χ4v) is 1.43. The minimum atomic E-state index is -0.225. The monoisotopic (exact) mass is 251 g/mol. The lowest BCUT2D eigenvalue weighted by molar-refractivity contribution is 0.395. The Morgan fingerprint density at radius 3 is 2.39 bits per heavy atom. The van der Waals surface area contributed by atoms with E-state index in [4.69, 9.17) is 15.2 Å². The van der Waals surface area contributed by atoms with Crippen LogP contribution in [-0.2, 0) is 0 Å². The zero-order valence-corrected chi connectivity index (χ0v) is 11.6. The van der Waals surface area contributed by atoms with Crippen LogP contribution in [0.1, 0.15) is 20.8 Å². The number of methoxy groups -OCH3 is 2. The number of nitrogens with one attached hydrogen (secondary N) is 1. The fourth-order valence-electron chi connectivity index (χ4n) is 1.43. The van der Waals surface area contributed by atoms with Crippen LogP contribution in [0.2, 0.25) is 0 Å². The first-order valence-electron chi connectivity index (χ1n) is 5.70. The van der Waals surface area contributed by atoms with Crippen molar-refractivity contribution < 1.29 is 9.47 Å². The molecule has 0 aliphatic carbocycles. The van der Waals surface area contributed by atoms with E-state index in [2.05, 4.69) is 10.3 Å². The molecule has 0 bridgehead atoms. The van der Waals surface area contributed by atoms with Gasteiger partial charge in [0, 0.05) is 6.07 Å². The molecule has 0 aliphatic rings. The van der Waals surface area contributed by atoms with Crippen LogP contribution in [0.15, 0.2) is 23.2 Å². The summed E-state index contributed by atoms with van der Waals surface area (Å²) in [7, 11) is 3.20. The molecule has 1 aromatic rings. The molecule has 1 rings (SSSR count). The summed E-state index contributed by atoms with van der Waals surface area (Å²) in [6.07, 6.45) is 0. The number of guanidine groups is 1. The average molecular weight is 251 g/mol. The van der Waals surface area contributed by atoms with Gasteiger partial charge in [0.05, 0.1) is 25.4 Å². The van der Waals surface area contributed by atoms with Crippen LogP contribution in [0.5, 0.6) is 11.5 Å². The minimum Gasteiger partial charge on any atom is -0.497 e. The summed E-state index contributed by atoms with van der Waals surface area (Å²) < 4.78 is 10.4. The predicted octanol–water partition coefficient (Wildman–Crippen LogP) is 2.23. The summed E-state index contributed by atoms with van der Waals surface area (Å²) in [6.45, 7) is 5.94. The van der Waals surface area contributed by atoms with E-state index in [1.54, 1.807) is 20.3 Å². The van der Waals surface area contributed by atoms with E-state index in [1.807, 2.05) is 32.9 Å². The normalized spacial score (nSPS) is 12.2. The van der Waals surface area contributed by atoms with E-state index in [0.29, 0.717) is 11.7 Å². The standard InChI is InChI=1S/C13H21N3O2/c1-13(2,3)16-12(14)15-10-7-6-9(17-4)8-11(10)18-5/h6-8H,1-5H3,(H3,14,15,16). The molecule has 0 saturated heterocycles. The van der Waals surface area contributed by atoms with Crippen molar-refractivity contribution in [2.24, 2.45) is 10.7 Å². The zero-order chi connectivity index (χ0) is 13.8. The van der Waals surface area contributed by atoms with Crippen molar-refractivity contribution in [1.29, 1.82) is 0 Å². The van der Waals surface area contributed by atoms with Crippen molar-refractivity contribution >= 4 is 11.6 Å². The van der Waals surface area contributed by atoms with Crippen LogP contribution in [0, 0.1) is 0 Å². The van der Waals surface area contributed by atoms with Gasteiger partial charge in [-0.25, -0.2) is 4.99 Å². The average Bonchev–Trinajstić information content (AvgIpc) is 2.27. The second-order valence-corrected chi connectivity index (χ2v) is 4.86. The Kier molecular flexibility index (Phi) is 4.42. The maximum absolute atomic E-state index is 5.84. The Morgan fingerprint density at radius 1 is 1.22 bits per heavy atom. The SMILES string of the molecule is COc1ccc(NC(N)=NC(C)(C)C)c(OC)c1. The number of rotatable bonds is 3. The van der Waals surface area contributed by atoms with Gasteiger partial charge in [-0.15, -0.1) is 0 Å². The topological polar surface area (TPSA) is 68.9 Å². The second kappa shape index (κ2) is 5.62. The number of benzene rings is 1. The number of ether oxygens (including phenoxy) is 2.